The summed E-state index contributed by atoms with van der Waals surface area (Å²) in [5, 5.41) is 0. The molecule has 0 aliphatic carbocycles. The Hall–Kier alpha value is -1.32. The highest BCUT2D eigenvalue weighted by molar-refractivity contribution is 5.21. The van der Waals surface area contributed by atoms with Crippen molar-refractivity contribution in [2.75, 3.05) is 19.8 Å². The molecule has 1 atom stereocenters. The van der Waals surface area contributed by atoms with Crippen LogP contribution in [0.2, 0.25) is 0 Å². The summed E-state index contributed by atoms with van der Waals surface area (Å²) in [4.78, 5) is 0. The fourth-order valence-corrected chi connectivity index (χ4v) is 1.33. The lowest BCUT2D eigenvalue weighted by atomic mass is 10.3. The Labute approximate surface area is 103 Å². The van der Waals surface area contributed by atoms with Crippen LogP contribution in [0.5, 0.6) is 5.75 Å². The summed E-state index contributed by atoms with van der Waals surface area (Å²) in [7, 11) is 0. The highest BCUT2D eigenvalue weighted by Gasteiger charge is 2.09. The molecule has 1 aromatic carbocycles. The first-order valence-corrected chi connectivity index (χ1v) is 5.88. The lowest BCUT2D eigenvalue weighted by molar-refractivity contribution is -0.0848. The van der Waals surface area contributed by atoms with Gasteiger partial charge in [0.1, 0.15) is 5.75 Å². The van der Waals surface area contributed by atoms with Crippen molar-refractivity contribution in [2.24, 2.45) is 0 Å². The summed E-state index contributed by atoms with van der Waals surface area (Å²) >= 11 is 0. The summed E-state index contributed by atoms with van der Waals surface area (Å²) in [5.74, 6) is 0.804. The standard InChI is InChI=1S/C14H20O3/c1-3-11-16-14(10-12-15-4-2)17-13-8-6-5-7-9-13/h3,5-9,14H,1,4,10-12H2,2H3. The van der Waals surface area contributed by atoms with Gasteiger partial charge in [0, 0.05) is 13.0 Å². The van der Waals surface area contributed by atoms with Crippen LogP contribution < -0.4 is 4.74 Å². The van der Waals surface area contributed by atoms with Gasteiger partial charge in [0.15, 0.2) is 0 Å². The van der Waals surface area contributed by atoms with Crippen molar-refractivity contribution in [3.8, 4) is 5.75 Å². The summed E-state index contributed by atoms with van der Waals surface area (Å²) < 4.78 is 16.5. The van der Waals surface area contributed by atoms with Crippen LogP contribution in [-0.2, 0) is 9.47 Å². The van der Waals surface area contributed by atoms with Gasteiger partial charge < -0.3 is 14.2 Å². The average Bonchev–Trinajstić information content (AvgIpc) is 2.37. The van der Waals surface area contributed by atoms with E-state index in [1.54, 1.807) is 6.08 Å². The van der Waals surface area contributed by atoms with E-state index in [1.807, 2.05) is 37.3 Å². The Morgan fingerprint density at radius 2 is 2.06 bits per heavy atom. The fourth-order valence-electron chi connectivity index (χ4n) is 1.33. The molecule has 0 aliphatic rings. The molecule has 17 heavy (non-hydrogen) atoms. The van der Waals surface area contributed by atoms with Gasteiger partial charge in [-0.2, -0.15) is 0 Å². The Bertz CT molecular complexity index is 298. The Morgan fingerprint density at radius 3 is 2.71 bits per heavy atom. The molecule has 3 heteroatoms. The maximum absolute atomic E-state index is 5.71. The maximum atomic E-state index is 5.71. The van der Waals surface area contributed by atoms with Crippen molar-refractivity contribution < 1.29 is 14.2 Å². The lowest BCUT2D eigenvalue weighted by Gasteiger charge is -2.18. The molecule has 0 saturated heterocycles. The average molecular weight is 236 g/mol. The van der Waals surface area contributed by atoms with Gasteiger partial charge in [-0.25, -0.2) is 0 Å². The van der Waals surface area contributed by atoms with Crippen LogP contribution in [0.1, 0.15) is 13.3 Å². The predicted octanol–water partition coefficient (Wildman–Crippen LogP) is 3.02. The molecule has 94 valence electrons. The zero-order valence-corrected chi connectivity index (χ0v) is 10.3. The zero-order valence-electron chi connectivity index (χ0n) is 10.3. The quantitative estimate of drug-likeness (QED) is 0.375. The smallest absolute Gasteiger partial charge is 0.202 e. The number of ether oxygens (including phenoxy) is 3. The fraction of sp³-hybridized carbons (Fsp3) is 0.429. The second-order valence-electron chi connectivity index (χ2n) is 3.47. The molecule has 1 rings (SSSR count). The third kappa shape index (κ3) is 6.09. The SMILES string of the molecule is C=CCOC(CCOCC)Oc1ccccc1. The van der Waals surface area contributed by atoms with Crippen LogP contribution >= 0.6 is 0 Å². The Balaban J connectivity index is 2.41. The van der Waals surface area contributed by atoms with Crippen molar-refractivity contribution in [3.05, 3.63) is 43.0 Å². The van der Waals surface area contributed by atoms with E-state index in [1.165, 1.54) is 0 Å². The number of hydrogen-bond acceptors (Lipinski definition) is 3. The number of para-hydroxylation sites is 1. The number of rotatable bonds is 9. The highest BCUT2D eigenvalue weighted by atomic mass is 16.7. The first-order valence-electron chi connectivity index (χ1n) is 5.88. The number of benzene rings is 1. The normalized spacial score (nSPS) is 12.1. The molecular weight excluding hydrogens is 216 g/mol. The molecule has 0 aliphatic heterocycles. The first-order chi connectivity index (χ1) is 8.36. The maximum Gasteiger partial charge on any atom is 0.202 e. The molecule has 0 N–H and O–H groups in total. The third-order valence-electron chi connectivity index (χ3n) is 2.11. The summed E-state index contributed by atoms with van der Waals surface area (Å²) in [6.45, 7) is 7.41. The minimum atomic E-state index is -0.290. The highest BCUT2D eigenvalue weighted by Crippen LogP contribution is 2.13. The minimum absolute atomic E-state index is 0.290. The van der Waals surface area contributed by atoms with Gasteiger partial charge in [0.25, 0.3) is 0 Å². The Morgan fingerprint density at radius 1 is 1.29 bits per heavy atom. The summed E-state index contributed by atoms with van der Waals surface area (Å²) in [5.41, 5.74) is 0. The van der Waals surface area contributed by atoms with E-state index < -0.39 is 0 Å². The molecule has 0 radical (unpaired) electrons. The molecule has 1 unspecified atom stereocenters. The van der Waals surface area contributed by atoms with Crippen LogP contribution in [0.3, 0.4) is 0 Å². The molecular formula is C14H20O3. The molecule has 0 saturated carbocycles. The summed E-state index contributed by atoms with van der Waals surface area (Å²) in [6.07, 6.45) is 2.13. The van der Waals surface area contributed by atoms with E-state index in [2.05, 4.69) is 6.58 Å². The van der Waals surface area contributed by atoms with Gasteiger partial charge in [-0.15, -0.1) is 6.58 Å². The molecule has 0 fully saturated rings. The topological polar surface area (TPSA) is 27.7 Å². The van der Waals surface area contributed by atoms with Crippen LogP contribution in [0.15, 0.2) is 43.0 Å². The van der Waals surface area contributed by atoms with Crippen LogP contribution in [-0.4, -0.2) is 26.1 Å². The van der Waals surface area contributed by atoms with Crippen LogP contribution in [0, 0.1) is 0 Å². The molecule has 1 aromatic rings. The van der Waals surface area contributed by atoms with Gasteiger partial charge in [-0.3, -0.25) is 0 Å². The van der Waals surface area contributed by atoms with Crippen molar-refractivity contribution in [1.82, 2.24) is 0 Å². The van der Waals surface area contributed by atoms with Gasteiger partial charge in [0.05, 0.1) is 13.2 Å². The summed E-state index contributed by atoms with van der Waals surface area (Å²) in [6, 6.07) is 9.63. The van der Waals surface area contributed by atoms with Crippen LogP contribution in [0.4, 0.5) is 0 Å². The van der Waals surface area contributed by atoms with E-state index in [0.717, 1.165) is 5.75 Å². The van der Waals surface area contributed by atoms with Gasteiger partial charge in [-0.1, -0.05) is 24.3 Å². The molecule has 0 heterocycles. The molecule has 0 amide bonds. The number of hydrogen-bond donors (Lipinski definition) is 0. The second-order valence-corrected chi connectivity index (χ2v) is 3.47. The largest absolute Gasteiger partial charge is 0.465 e. The molecule has 0 bridgehead atoms. The van der Waals surface area contributed by atoms with E-state index in [9.17, 15) is 0 Å². The van der Waals surface area contributed by atoms with Crippen molar-refractivity contribution in [1.29, 1.82) is 0 Å². The minimum Gasteiger partial charge on any atom is -0.465 e. The molecule has 3 nitrogen and oxygen atoms in total. The van der Waals surface area contributed by atoms with Gasteiger partial charge >= 0.3 is 0 Å². The first kappa shape index (κ1) is 13.7. The van der Waals surface area contributed by atoms with Crippen LogP contribution in [0.25, 0.3) is 0 Å². The third-order valence-corrected chi connectivity index (χ3v) is 2.11. The lowest BCUT2D eigenvalue weighted by Crippen LogP contribution is -2.22. The van der Waals surface area contributed by atoms with E-state index in [-0.39, 0.29) is 6.29 Å². The van der Waals surface area contributed by atoms with Crippen molar-refractivity contribution in [3.63, 3.8) is 0 Å². The molecule has 0 aromatic heterocycles. The Kier molecular flexibility index (Phi) is 7.11. The van der Waals surface area contributed by atoms with E-state index >= 15 is 0 Å². The monoisotopic (exact) mass is 236 g/mol. The van der Waals surface area contributed by atoms with Gasteiger partial charge in [0.2, 0.25) is 6.29 Å². The van der Waals surface area contributed by atoms with Crippen molar-refractivity contribution in [2.45, 2.75) is 19.6 Å². The molecule has 0 spiro atoms. The van der Waals surface area contributed by atoms with E-state index in [0.29, 0.717) is 26.2 Å². The van der Waals surface area contributed by atoms with Crippen molar-refractivity contribution >= 4 is 0 Å². The second kappa shape index (κ2) is 8.79. The predicted molar refractivity (Wildman–Crippen MR) is 68.1 cm³/mol. The van der Waals surface area contributed by atoms with E-state index in [4.69, 9.17) is 14.2 Å². The zero-order chi connectivity index (χ0) is 12.3. The van der Waals surface area contributed by atoms with Gasteiger partial charge in [-0.05, 0) is 19.1 Å².